The number of hydrogen-bond acceptors (Lipinski definition) is 1. The fourth-order valence-corrected chi connectivity index (χ4v) is 0. The van der Waals surface area contributed by atoms with Gasteiger partial charge in [-0.25, -0.2) is 0 Å². The van der Waals surface area contributed by atoms with Gasteiger partial charge in [-0.15, -0.1) is 11.6 Å². The summed E-state index contributed by atoms with van der Waals surface area (Å²) in [6, 6.07) is 0. The maximum absolute atomic E-state index is 8.23. The van der Waals surface area contributed by atoms with E-state index in [4.69, 9.17) is 39.9 Å². The Morgan fingerprint density at radius 3 is 1.57 bits per heavy atom. The summed E-state index contributed by atoms with van der Waals surface area (Å²) in [5.74, 6) is -0.171. The van der Waals surface area contributed by atoms with Gasteiger partial charge in [-0.05, 0) is 0 Å². The highest BCUT2D eigenvalue weighted by Crippen LogP contribution is 2.16. The van der Waals surface area contributed by atoms with Gasteiger partial charge in [0.1, 0.15) is 0 Å². The van der Waals surface area contributed by atoms with Gasteiger partial charge in [0.15, 0.2) is 0 Å². The molecule has 46 valence electrons. The van der Waals surface area contributed by atoms with E-state index in [9.17, 15) is 0 Å². The third-order valence-corrected chi connectivity index (χ3v) is 1.09. The molecule has 0 radical (unpaired) electrons. The van der Waals surface area contributed by atoms with Crippen molar-refractivity contribution in [2.45, 2.75) is 4.52 Å². The molecule has 5 heteroatoms. The normalized spacial score (nSPS) is 10.3. The van der Waals surface area contributed by atoms with E-state index in [-0.39, 0.29) is 11.4 Å². The van der Waals surface area contributed by atoms with E-state index in [1.54, 1.807) is 0 Å². The molecule has 7 heavy (non-hydrogen) atoms. The Hall–Kier alpha value is 0.790. The van der Waals surface area contributed by atoms with Gasteiger partial charge in [0.05, 0.1) is 5.88 Å². The lowest BCUT2D eigenvalue weighted by molar-refractivity contribution is 0.239. The first-order chi connectivity index (χ1) is 2.56. The van der Waals surface area contributed by atoms with Crippen LogP contribution in [0, 0.1) is 0 Å². The monoisotopic (exact) mass is 166 g/mol. The van der Waals surface area contributed by atoms with E-state index in [1.807, 2.05) is 0 Å². The highest BCUT2D eigenvalue weighted by atomic mass is 35.5. The average Bonchev–Trinajstić information content (AvgIpc) is 1.35. The molecular formula is C2H5Cl3O2. The Bertz CT molecular complexity index is 40.7. The topological polar surface area (TPSA) is 51.7 Å². The van der Waals surface area contributed by atoms with Gasteiger partial charge in [-0.1, -0.05) is 23.2 Å². The van der Waals surface area contributed by atoms with Crippen molar-refractivity contribution in [2.24, 2.45) is 0 Å². The third-order valence-electron chi connectivity index (χ3n) is 0.161. The minimum atomic E-state index is -1.75. The van der Waals surface area contributed by atoms with E-state index in [2.05, 4.69) is 0 Å². The highest BCUT2D eigenvalue weighted by Gasteiger charge is 2.15. The molecule has 0 atom stereocenters. The lowest BCUT2D eigenvalue weighted by Crippen LogP contribution is -2.11. The SMILES string of the molecule is O.OC(Cl)(Cl)CCl. The van der Waals surface area contributed by atoms with E-state index in [1.165, 1.54) is 0 Å². The Balaban J connectivity index is 0. The molecule has 0 aromatic carbocycles. The minimum absolute atomic E-state index is 0. The Kier molecular flexibility index (Phi) is 5.74. The van der Waals surface area contributed by atoms with Crippen LogP contribution in [0.1, 0.15) is 0 Å². The van der Waals surface area contributed by atoms with Crippen molar-refractivity contribution in [2.75, 3.05) is 5.88 Å². The van der Waals surface area contributed by atoms with Crippen molar-refractivity contribution in [3.05, 3.63) is 0 Å². The first-order valence-corrected chi connectivity index (χ1v) is 2.51. The molecule has 2 nitrogen and oxygen atoms in total. The van der Waals surface area contributed by atoms with Gasteiger partial charge in [0.2, 0.25) is 4.52 Å². The first-order valence-electron chi connectivity index (χ1n) is 1.22. The Morgan fingerprint density at radius 1 is 1.43 bits per heavy atom. The smallest absolute Gasteiger partial charge is 0.228 e. The molecule has 0 aliphatic heterocycles. The summed E-state index contributed by atoms with van der Waals surface area (Å²) in [6.45, 7) is 0. The van der Waals surface area contributed by atoms with E-state index in [0.29, 0.717) is 0 Å². The van der Waals surface area contributed by atoms with Crippen molar-refractivity contribution in [1.29, 1.82) is 0 Å². The van der Waals surface area contributed by atoms with Crippen molar-refractivity contribution < 1.29 is 10.6 Å². The van der Waals surface area contributed by atoms with E-state index in [0.717, 1.165) is 0 Å². The van der Waals surface area contributed by atoms with Crippen molar-refractivity contribution in [3.63, 3.8) is 0 Å². The molecule has 0 rings (SSSR count). The lowest BCUT2D eigenvalue weighted by atomic mass is 10.8. The molecule has 0 fully saturated rings. The van der Waals surface area contributed by atoms with Crippen molar-refractivity contribution in [1.82, 2.24) is 0 Å². The van der Waals surface area contributed by atoms with E-state index < -0.39 is 4.52 Å². The molecule has 0 amide bonds. The molecule has 0 heterocycles. The molecule has 0 saturated carbocycles. The molecule has 0 bridgehead atoms. The zero-order chi connectivity index (χ0) is 5.21. The highest BCUT2D eigenvalue weighted by molar-refractivity contribution is 6.50. The number of halogens is 3. The van der Waals surface area contributed by atoms with Gasteiger partial charge in [-0.2, -0.15) is 0 Å². The van der Waals surface area contributed by atoms with Crippen LogP contribution in [0.4, 0.5) is 0 Å². The van der Waals surface area contributed by atoms with Crippen LogP contribution in [-0.2, 0) is 0 Å². The molecule has 0 aromatic rings. The van der Waals surface area contributed by atoms with Crippen LogP contribution in [0.25, 0.3) is 0 Å². The summed E-state index contributed by atoms with van der Waals surface area (Å²) >= 11 is 14.8. The molecule has 0 unspecified atom stereocenters. The van der Waals surface area contributed by atoms with Crippen LogP contribution >= 0.6 is 34.8 Å². The van der Waals surface area contributed by atoms with Crippen molar-refractivity contribution >= 4 is 34.8 Å². The fourth-order valence-electron chi connectivity index (χ4n) is 0. The van der Waals surface area contributed by atoms with Crippen LogP contribution in [0.15, 0.2) is 0 Å². The second kappa shape index (κ2) is 3.75. The van der Waals surface area contributed by atoms with Crippen LogP contribution in [0.5, 0.6) is 0 Å². The maximum Gasteiger partial charge on any atom is 0.228 e. The zero-order valence-corrected chi connectivity index (χ0v) is 5.56. The number of hydrogen-bond donors (Lipinski definition) is 1. The van der Waals surface area contributed by atoms with E-state index >= 15 is 0 Å². The minimum Gasteiger partial charge on any atom is -0.412 e. The fraction of sp³-hybridized carbons (Fsp3) is 1.00. The Labute approximate surface area is 56.3 Å². The summed E-state index contributed by atoms with van der Waals surface area (Å²) in [5.41, 5.74) is 0. The summed E-state index contributed by atoms with van der Waals surface area (Å²) < 4.78 is -1.75. The largest absolute Gasteiger partial charge is 0.412 e. The molecule has 0 saturated heterocycles. The number of rotatable bonds is 1. The maximum atomic E-state index is 8.23. The predicted molar refractivity (Wildman–Crippen MR) is 31.0 cm³/mol. The lowest BCUT2D eigenvalue weighted by Gasteiger charge is -2.03. The summed E-state index contributed by atoms with van der Waals surface area (Å²) in [4.78, 5) is 0. The standard InChI is InChI=1S/C2H3Cl3O.H2O/c3-1-2(4,5)6;/h6H,1H2;1H2. The molecule has 0 aliphatic carbocycles. The summed E-state index contributed by atoms with van der Waals surface area (Å²) in [6.07, 6.45) is 0. The van der Waals surface area contributed by atoms with Crippen LogP contribution in [-0.4, -0.2) is 21.0 Å². The van der Waals surface area contributed by atoms with Gasteiger partial charge >= 0.3 is 0 Å². The Morgan fingerprint density at radius 2 is 1.57 bits per heavy atom. The van der Waals surface area contributed by atoms with Gasteiger partial charge < -0.3 is 10.6 Å². The number of aliphatic hydroxyl groups is 1. The number of alkyl halides is 3. The molecular weight excluding hydrogens is 162 g/mol. The summed E-state index contributed by atoms with van der Waals surface area (Å²) in [5, 5.41) is 8.23. The second-order valence-corrected chi connectivity index (χ2v) is 2.51. The van der Waals surface area contributed by atoms with Gasteiger partial charge in [-0.3, -0.25) is 0 Å². The van der Waals surface area contributed by atoms with Gasteiger partial charge in [0, 0.05) is 0 Å². The van der Waals surface area contributed by atoms with Crippen molar-refractivity contribution in [3.8, 4) is 0 Å². The average molecular weight is 167 g/mol. The zero-order valence-electron chi connectivity index (χ0n) is 3.29. The van der Waals surface area contributed by atoms with Crippen LogP contribution < -0.4 is 0 Å². The molecule has 0 aliphatic rings. The van der Waals surface area contributed by atoms with Gasteiger partial charge in [0.25, 0.3) is 0 Å². The molecule has 0 spiro atoms. The van der Waals surface area contributed by atoms with Crippen LogP contribution in [0.3, 0.4) is 0 Å². The molecule has 3 N–H and O–H groups in total. The quantitative estimate of drug-likeness (QED) is 0.569. The second-order valence-electron chi connectivity index (χ2n) is 0.799. The van der Waals surface area contributed by atoms with Crippen LogP contribution in [0.2, 0.25) is 0 Å². The third kappa shape index (κ3) is 10.8. The first kappa shape index (κ1) is 10.7. The summed E-state index contributed by atoms with van der Waals surface area (Å²) in [7, 11) is 0. The molecule has 0 aromatic heterocycles. The predicted octanol–water partition coefficient (Wildman–Crippen LogP) is 0.524.